The van der Waals surface area contributed by atoms with E-state index in [1.165, 1.54) is 12.3 Å². The quantitative estimate of drug-likeness (QED) is 0.441. The van der Waals surface area contributed by atoms with Crippen LogP contribution in [0.5, 0.6) is 5.75 Å². The molecular weight excluding hydrogens is 423 g/mol. The van der Waals surface area contributed by atoms with Crippen molar-refractivity contribution in [2.24, 2.45) is 5.16 Å². The number of anilines is 1. The summed E-state index contributed by atoms with van der Waals surface area (Å²) in [6.07, 6.45) is 3.17. The molecule has 0 radical (unpaired) electrons. The van der Waals surface area contributed by atoms with Crippen LogP contribution in [0.15, 0.2) is 52.5 Å². The molecule has 5 rings (SSSR count). The van der Waals surface area contributed by atoms with Crippen molar-refractivity contribution in [2.45, 2.75) is 19.6 Å². The van der Waals surface area contributed by atoms with E-state index in [0.717, 1.165) is 18.7 Å². The Labute approximate surface area is 191 Å². The fraction of sp³-hybridized carbons (Fsp3) is 0.360. The Morgan fingerprint density at radius 1 is 1.21 bits per heavy atom. The molecule has 1 fully saturated rings. The largest absolute Gasteiger partial charge is 0.487 e. The minimum Gasteiger partial charge on any atom is -0.487 e. The smallest absolute Gasteiger partial charge is 0.198 e. The third-order valence-corrected chi connectivity index (χ3v) is 6.33. The van der Waals surface area contributed by atoms with Crippen LogP contribution < -0.4 is 15.1 Å². The second-order valence-electron chi connectivity index (χ2n) is 8.70. The molecule has 33 heavy (non-hydrogen) atoms. The van der Waals surface area contributed by atoms with Crippen molar-refractivity contribution in [3.05, 3.63) is 69.8 Å². The Morgan fingerprint density at radius 2 is 1.97 bits per heavy atom. The van der Waals surface area contributed by atoms with Gasteiger partial charge in [-0.3, -0.25) is 4.79 Å². The summed E-state index contributed by atoms with van der Waals surface area (Å²) in [4.78, 5) is 22.8. The lowest BCUT2D eigenvalue weighted by Crippen LogP contribution is -2.45. The zero-order valence-electron chi connectivity index (χ0n) is 18.8. The predicted molar refractivity (Wildman–Crippen MR) is 127 cm³/mol. The first-order chi connectivity index (χ1) is 16.0. The molecule has 2 aromatic carbocycles. The van der Waals surface area contributed by atoms with Crippen LogP contribution in [0.3, 0.4) is 0 Å². The number of hydrogen-bond acceptors (Lipinski definition) is 6. The van der Waals surface area contributed by atoms with Crippen LogP contribution >= 0.6 is 0 Å². The van der Waals surface area contributed by atoms with Gasteiger partial charge in [-0.05, 0) is 25.6 Å². The van der Waals surface area contributed by atoms with Crippen LogP contribution in [-0.4, -0.2) is 55.5 Å². The molecule has 0 saturated carbocycles. The van der Waals surface area contributed by atoms with Crippen LogP contribution in [0.1, 0.15) is 24.1 Å². The summed E-state index contributed by atoms with van der Waals surface area (Å²) in [7, 11) is 2.06. The molecule has 2 aliphatic rings. The normalized spacial score (nSPS) is 18.6. The van der Waals surface area contributed by atoms with Crippen molar-refractivity contribution >= 4 is 22.8 Å². The molecule has 1 saturated heterocycles. The SMILES string of the molecule is CC1COc2c(N3CCN(C)CC3)c(F)cc3c(=O)c(C=NOCc4ccccc4)cn1c23. The molecule has 172 valence electrons. The predicted octanol–water partition coefficient (Wildman–Crippen LogP) is 3.40. The highest BCUT2D eigenvalue weighted by molar-refractivity contribution is 5.95. The van der Waals surface area contributed by atoms with Crippen LogP contribution in [0, 0.1) is 5.82 Å². The average Bonchev–Trinajstić information content (AvgIpc) is 2.82. The molecule has 1 aromatic heterocycles. The molecule has 1 atom stereocenters. The summed E-state index contributed by atoms with van der Waals surface area (Å²) in [6.45, 7) is 5.82. The minimum atomic E-state index is -0.435. The zero-order valence-corrected chi connectivity index (χ0v) is 18.8. The highest BCUT2D eigenvalue weighted by Gasteiger charge is 2.30. The molecule has 3 aromatic rings. The highest BCUT2D eigenvalue weighted by atomic mass is 19.1. The Kier molecular flexibility index (Phi) is 5.76. The van der Waals surface area contributed by atoms with E-state index in [2.05, 4.69) is 17.1 Å². The summed E-state index contributed by atoms with van der Waals surface area (Å²) in [5.74, 6) is 0.0169. The van der Waals surface area contributed by atoms with Gasteiger partial charge in [-0.25, -0.2) is 4.39 Å². The molecule has 7 nitrogen and oxygen atoms in total. The van der Waals surface area contributed by atoms with E-state index in [4.69, 9.17) is 9.57 Å². The number of likely N-dealkylation sites (N-methyl/N-ethyl adjacent to an activating group) is 1. The molecule has 1 unspecified atom stereocenters. The number of oxime groups is 1. The molecule has 0 amide bonds. The molecular formula is C25H27FN4O3. The highest BCUT2D eigenvalue weighted by Crippen LogP contribution is 2.41. The number of piperazine rings is 1. The van der Waals surface area contributed by atoms with Gasteiger partial charge in [0.15, 0.2) is 17.0 Å². The van der Waals surface area contributed by atoms with Crippen LogP contribution in [0.4, 0.5) is 10.1 Å². The maximum Gasteiger partial charge on any atom is 0.198 e. The average molecular weight is 451 g/mol. The summed E-state index contributed by atoms with van der Waals surface area (Å²) < 4.78 is 23.4. The zero-order chi connectivity index (χ0) is 22.9. The first-order valence-corrected chi connectivity index (χ1v) is 11.2. The molecule has 0 N–H and O–H groups in total. The number of benzene rings is 2. The second-order valence-corrected chi connectivity index (χ2v) is 8.70. The molecule has 0 spiro atoms. The van der Waals surface area contributed by atoms with Gasteiger partial charge < -0.3 is 23.9 Å². The third-order valence-electron chi connectivity index (χ3n) is 6.33. The molecule has 0 bridgehead atoms. The molecule has 0 aliphatic carbocycles. The summed E-state index contributed by atoms with van der Waals surface area (Å²) in [5.41, 5.74) is 2.12. The number of halogens is 1. The van der Waals surface area contributed by atoms with Gasteiger partial charge in [-0.15, -0.1) is 0 Å². The Morgan fingerprint density at radius 3 is 2.73 bits per heavy atom. The van der Waals surface area contributed by atoms with Gasteiger partial charge in [0.1, 0.15) is 18.9 Å². The minimum absolute atomic E-state index is 0.0104. The number of rotatable bonds is 5. The van der Waals surface area contributed by atoms with Gasteiger partial charge >= 0.3 is 0 Å². The standard InChI is InChI=1S/C25H27FN4O3/c1-17-15-32-25-22-20(12-21(26)23(25)29-10-8-28(2)9-11-29)24(31)19(14-30(17)22)13-27-33-16-18-6-4-3-5-7-18/h3-7,12-14,17H,8-11,15-16H2,1-2H3. The van der Waals surface area contributed by atoms with Crippen LogP contribution in [0.25, 0.3) is 10.9 Å². The van der Waals surface area contributed by atoms with Gasteiger partial charge in [0, 0.05) is 32.4 Å². The second kappa shape index (κ2) is 8.86. The van der Waals surface area contributed by atoms with E-state index in [0.29, 0.717) is 54.2 Å². The summed E-state index contributed by atoms with van der Waals surface area (Å²) in [6, 6.07) is 11.0. The first kappa shape index (κ1) is 21.5. The number of pyridine rings is 1. The van der Waals surface area contributed by atoms with Gasteiger partial charge in [0.25, 0.3) is 0 Å². The summed E-state index contributed by atoms with van der Waals surface area (Å²) in [5, 5.41) is 4.28. The maximum atomic E-state index is 15.4. The fourth-order valence-corrected chi connectivity index (χ4v) is 4.43. The number of aromatic nitrogens is 1. The third kappa shape index (κ3) is 4.06. The van der Waals surface area contributed by atoms with E-state index in [-0.39, 0.29) is 11.5 Å². The Bertz CT molecular complexity index is 1250. The molecule has 8 heteroatoms. The van der Waals surface area contributed by atoms with E-state index < -0.39 is 5.82 Å². The van der Waals surface area contributed by atoms with Gasteiger partial charge in [0.2, 0.25) is 0 Å². The Hall–Kier alpha value is -3.39. The first-order valence-electron chi connectivity index (χ1n) is 11.2. The number of nitrogens with zero attached hydrogens (tertiary/aromatic N) is 4. The monoisotopic (exact) mass is 450 g/mol. The van der Waals surface area contributed by atoms with E-state index in [1.807, 2.05) is 46.7 Å². The van der Waals surface area contributed by atoms with Crippen molar-refractivity contribution < 1.29 is 14.0 Å². The van der Waals surface area contributed by atoms with E-state index in [9.17, 15) is 4.79 Å². The fourth-order valence-electron chi connectivity index (χ4n) is 4.43. The van der Waals surface area contributed by atoms with Crippen molar-refractivity contribution in [1.82, 2.24) is 9.47 Å². The number of hydrogen-bond donors (Lipinski definition) is 0. The van der Waals surface area contributed by atoms with Crippen molar-refractivity contribution in [3.63, 3.8) is 0 Å². The summed E-state index contributed by atoms with van der Waals surface area (Å²) >= 11 is 0. The van der Waals surface area contributed by atoms with Crippen LogP contribution in [0.2, 0.25) is 0 Å². The van der Waals surface area contributed by atoms with Gasteiger partial charge in [-0.2, -0.15) is 0 Å². The lowest BCUT2D eigenvalue weighted by Gasteiger charge is -2.37. The van der Waals surface area contributed by atoms with Crippen molar-refractivity contribution in [1.29, 1.82) is 0 Å². The van der Waals surface area contributed by atoms with E-state index in [1.54, 1.807) is 6.20 Å². The lowest BCUT2D eigenvalue weighted by atomic mass is 10.1. The van der Waals surface area contributed by atoms with Crippen molar-refractivity contribution in [2.75, 3.05) is 44.7 Å². The van der Waals surface area contributed by atoms with Gasteiger partial charge in [0.05, 0.1) is 28.7 Å². The van der Waals surface area contributed by atoms with Crippen LogP contribution in [-0.2, 0) is 11.4 Å². The Balaban J connectivity index is 1.52. The molecule has 2 aliphatic heterocycles. The van der Waals surface area contributed by atoms with E-state index >= 15 is 4.39 Å². The topological polar surface area (TPSA) is 59.3 Å². The van der Waals surface area contributed by atoms with Gasteiger partial charge in [-0.1, -0.05) is 35.5 Å². The lowest BCUT2D eigenvalue weighted by molar-refractivity contribution is 0.132. The molecule has 3 heterocycles. The van der Waals surface area contributed by atoms with Crippen molar-refractivity contribution in [3.8, 4) is 5.75 Å². The number of ether oxygens (including phenoxy) is 1. The maximum absolute atomic E-state index is 15.4.